The monoisotopic (exact) mass is 239 g/mol. The third-order valence-corrected chi connectivity index (χ3v) is 2.46. The topological polar surface area (TPSA) is 110 Å². The second-order valence-electron chi connectivity index (χ2n) is 3.77. The number of aliphatic carboxylic acids is 1. The molecule has 0 aliphatic carbocycles. The number of carbonyl (C=O) groups excluding carboxylic acids is 2. The van der Waals surface area contributed by atoms with Crippen LogP contribution in [0.5, 0.6) is 0 Å². The lowest BCUT2D eigenvalue weighted by molar-refractivity contribution is -0.141. The van der Waals surface area contributed by atoms with Gasteiger partial charge in [-0.15, -0.1) is 0 Å². The molecule has 2 amide bonds. The standard InChI is InChI=1S/C10H13N3O4/c11-2-1-3-12-8(14)6-13-5-7(10(16)17)4-9(13)15/h7H,1,3-6H2,(H,12,14)(H,16,17). The Morgan fingerprint density at radius 3 is 2.82 bits per heavy atom. The molecular weight excluding hydrogens is 226 g/mol. The zero-order valence-corrected chi connectivity index (χ0v) is 9.18. The second-order valence-corrected chi connectivity index (χ2v) is 3.77. The molecule has 1 aliphatic rings. The van der Waals surface area contributed by atoms with E-state index in [0.29, 0.717) is 0 Å². The van der Waals surface area contributed by atoms with Gasteiger partial charge in [0.1, 0.15) is 0 Å². The summed E-state index contributed by atoms with van der Waals surface area (Å²) in [5.74, 6) is -2.45. The van der Waals surface area contributed by atoms with Crippen molar-refractivity contribution in [3.05, 3.63) is 0 Å². The van der Waals surface area contributed by atoms with Crippen LogP contribution in [-0.2, 0) is 14.4 Å². The molecule has 1 heterocycles. The van der Waals surface area contributed by atoms with Crippen LogP contribution in [0.25, 0.3) is 0 Å². The molecule has 1 atom stereocenters. The van der Waals surface area contributed by atoms with Gasteiger partial charge in [-0.05, 0) is 0 Å². The quantitative estimate of drug-likeness (QED) is 0.595. The van der Waals surface area contributed by atoms with Crippen molar-refractivity contribution in [3.63, 3.8) is 0 Å². The first kappa shape index (κ1) is 13.0. The predicted molar refractivity (Wildman–Crippen MR) is 55.6 cm³/mol. The zero-order valence-electron chi connectivity index (χ0n) is 9.18. The van der Waals surface area contributed by atoms with E-state index < -0.39 is 11.9 Å². The van der Waals surface area contributed by atoms with Crippen LogP contribution in [0.15, 0.2) is 0 Å². The van der Waals surface area contributed by atoms with E-state index in [1.165, 1.54) is 4.90 Å². The highest BCUT2D eigenvalue weighted by Gasteiger charge is 2.34. The summed E-state index contributed by atoms with van der Waals surface area (Å²) in [7, 11) is 0. The van der Waals surface area contributed by atoms with Crippen molar-refractivity contribution in [2.24, 2.45) is 5.92 Å². The number of amides is 2. The fourth-order valence-electron chi connectivity index (χ4n) is 1.58. The predicted octanol–water partition coefficient (Wildman–Crippen LogP) is -1.05. The Kier molecular flexibility index (Phi) is 4.46. The summed E-state index contributed by atoms with van der Waals surface area (Å²) in [4.78, 5) is 34.6. The summed E-state index contributed by atoms with van der Waals surface area (Å²) in [6.07, 6.45) is 0.151. The molecular formula is C10H13N3O4. The Morgan fingerprint density at radius 1 is 1.59 bits per heavy atom. The molecule has 1 fully saturated rings. The van der Waals surface area contributed by atoms with Crippen LogP contribution in [0.2, 0.25) is 0 Å². The van der Waals surface area contributed by atoms with Crippen molar-refractivity contribution < 1.29 is 19.5 Å². The summed E-state index contributed by atoms with van der Waals surface area (Å²) in [5.41, 5.74) is 0. The molecule has 0 saturated carbocycles. The largest absolute Gasteiger partial charge is 0.481 e. The summed E-state index contributed by atoms with van der Waals surface area (Å²) >= 11 is 0. The van der Waals surface area contributed by atoms with Crippen LogP contribution in [0.3, 0.4) is 0 Å². The van der Waals surface area contributed by atoms with Crippen molar-refractivity contribution in [2.75, 3.05) is 19.6 Å². The third-order valence-electron chi connectivity index (χ3n) is 2.46. The SMILES string of the molecule is N#CCCNC(=O)CN1CC(C(=O)O)CC1=O. The molecule has 7 heteroatoms. The minimum Gasteiger partial charge on any atom is -0.481 e. The van der Waals surface area contributed by atoms with Crippen LogP contribution >= 0.6 is 0 Å². The highest BCUT2D eigenvalue weighted by Crippen LogP contribution is 2.17. The minimum absolute atomic E-state index is 0.0548. The molecule has 7 nitrogen and oxygen atoms in total. The van der Waals surface area contributed by atoms with Gasteiger partial charge in [0, 0.05) is 19.5 Å². The molecule has 2 N–H and O–H groups in total. The van der Waals surface area contributed by atoms with E-state index in [2.05, 4.69) is 5.32 Å². The number of carboxylic acids is 1. The fraction of sp³-hybridized carbons (Fsp3) is 0.600. The van der Waals surface area contributed by atoms with Crippen LogP contribution in [0, 0.1) is 17.2 Å². The maximum absolute atomic E-state index is 11.4. The highest BCUT2D eigenvalue weighted by atomic mass is 16.4. The second kappa shape index (κ2) is 5.84. The number of nitrogens with zero attached hydrogens (tertiary/aromatic N) is 2. The van der Waals surface area contributed by atoms with E-state index in [1.54, 1.807) is 0 Å². The Labute approximate surface area is 98.0 Å². The first-order valence-corrected chi connectivity index (χ1v) is 5.19. The van der Waals surface area contributed by atoms with E-state index in [9.17, 15) is 14.4 Å². The summed E-state index contributed by atoms with van der Waals surface area (Å²) < 4.78 is 0. The maximum Gasteiger partial charge on any atom is 0.308 e. The van der Waals surface area contributed by atoms with E-state index in [-0.39, 0.29) is 44.3 Å². The lowest BCUT2D eigenvalue weighted by Gasteiger charge is -2.15. The number of rotatable bonds is 5. The van der Waals surface area contributed by atoms with Gasteiger partial charge in [0.15, 0.2) is 0 Å². The van der Waals surface area contributed by atoms with Gasteiger partial charge in [-0.2, -0.15) is 5.26 Å². The Bertz CT molecular complexity index is 374. The number of carbonyl (C=O) groups is 3. The van der Waals surface area contributed by atoms with Gasteiger partial charge in [-0.25, -0.2) is 0 Å². The van der Waals surface area contributed by atoms with Crippen LogP contribution < -0.4 is 5.32 Å². The van der Waals surface area contributed by atoms with E-state index >= 15 is 0 Å². The zero-order chi connectivity index (χ0) is 12.8. The summed E-state index contributed by atoms with van der Waals surface area (Å²) in [5, 5.41) is 19.5. The lowest BCUT2D eigenvalue weighted by atomic mass is 10.1. The lowest BCUT2D eigenvalue weighted by Crippen LogP contribution is -2.38. The Balaban J connectivity index is 2.37. The normalized spacial score (nSPS) is 18.9. The molecule has 1 unspecified atom stereocenters. The van der Waals surface area contributed by atoms with Gasteiger partial charge in [0.2, 0.25) is 11.8 Å². The first-order valence-electron chi connectivity index (χ1n) is 5.19. The van der Waals surface area contributed by atoms with E-state index in [4.69, 9.17) is 10.4 Å². The Morgan fingerprint density at radius 2 is 2.29 bits per heavy atom. The van der Waals surface area contributed by atoms with Crippen molar-refractivity contribution in [1.29, 1.82) is 5.26 Å². The molecule has 0 bridgehead atoms. The van der Waals surface area contributed by atoms with Crippen LogP contribution in [0.4, 0.5) is 0 Å². The number of likely N-dealkylation sites (tertiary alicyclic amines) is 1. The van der Waals surface area contributed by atoms with E-state index in [1.807, 2.05) is 6.07 Å². The van der Waals surface area contributed by atoms with Crippen molar-refractivity contribution in [1.82, 2.24) is 10.2 Å². The molecule has 0 radical (unpaired) electrons. The average molecular weight is 239 g/mol. The minimum atomic E-state index is -1.02. The molecule has 0 aromatic carbocycles. The number of hydrogen-bond acceptors (Lipinski definition) is 4. The van der Waals surface area contributed by atoms with Gasteiger partial charge >= 0.3 is 5.97 Å². The number of nitriles is 1. The maximum atomic E-state index is 11.4. The molecule has 0 spiro atoms. The van der Waals surface area contributed by atoms with Crippen LogP contribution in [0.1, 0.15) is 12.8 Å². The molecule has 1 rings (SSSR count). The first-order chi connectivity index (χ1) is 8.04. The van der Waals surface area contributed by atoms with E-state index in [0.717, 1.165) is 0 Å². The van der Waals surface area contributed by atoms with Gasteiger partial charge in [-0.1, -0.05) is 0 Å². The van der Waals surface area contributed by atoms with Gasteiger partial charge in [0.05, 0.1) is 25.0 Å². The Hall–Kier alpha value is -2.10. The van der Waals surface area contributed by atoms with Crippen molar-refractivity contribution in [2.45, 2.75) is 12.8 Å². The number of nitrogens with one attached hydrogen (secondary N) is 1. The molecule has 1 saturated heterocycles. The molecule has 0 aromatic heterocycles. The average Bonchev–Trinajstić information content (AvgIpc) is 2.61. The fourth-order valence-corrected chi connectivity index (χ4v) is 1.58. The van der Waals surface area contributed by atoms with Gasteiger partial charge in [0.25, 0.3) is 0 Å². The van der Waals surface area contributed by atoms with Gasteiger partial charge in [-0.3, -0.25) is 14.4 Å². The molecule has 92 valence electrons. The van der Waals surface area contributed by atoms with Crippen molar-refractivity contribution >= 4 is 17.8 Å². The molecule has 17 heavy (non-hydrogen) atoms. The number of carboxylic acid groups (broad SMARTS) is 1. The van der Waals surface area contributed by atoms with Crippen molar-refractivity contribution in [3.8, 4) is 6.07 Å². The smallest absolute Gasteiger partial charge is 0.308 e. The molecule has 1 aliphatic heterocycles. The number of hydrogen-bond donors (Lipinski definition) is 2. The van der Waals surface area contributed by atoms with Gasteiger partial charge < -0.3 is 15.3 Å². The summed E-state index contributed by atoms with van der Waals surface area (Å²) in [6.45, 7) is 0.160. The molecule has 0 aromatic rings. The summed E-state index contributed by atoms with van der Waals surface area (Å²) in [6, 6.07) is 1.87. The van der Waals surface area contributed by atoms with Crippen LogP contribution in [-0.4, -0.2) is 47.4 Å². The third kappa shape index (κ3) is 3.75. The highest BCUT2D eigenvalue weighted by molar-refractivity contribution is 5.89.